The molecule has 5 nitrogen and oxygen atoms in total. The molecule has 2 unspecified atom stereocenters. The van der Waals surface area contributed by atoms with Crippen molar-refractivity contribution in [2.45, 2.75) is 50.7 Å². The average Bonchev–Trinajstić information content (AvgIpc) is 2.36. The molecule has 2 atom stereocenters. The van der Waals surface area contributed by atoms with E-state index in [1.54, 1.807) is 0 Å². The van der Waals surface area contributed by atoms with E-state index in [1.165, 1.54) is 0 Å². The van der Waals surface area contributed by atoms with E-state index in [2.05, 4.69) is 10.0 Å². The molecule has 1 fully saturated rings. The van der Waals surface area contributed by atoms with Crippen molar-refractivity contribution in [3.8, 4) is 0 Å². The molecule has 21 heavy (non-hydrogen) atoms. The van der Waals surface area contributed by atoms with Crippen molar-refractivity contribution < 1.29 is 13.2 Å². The van der Waals surface area contributed by atoms with Crippen molar-refractivity contribution in [1.82, 2.24) is 4.72 Å². The van der Waals surface area contributed by atoms with Gasteiger partial charge in [0.05, 0.1) is 11.0 Å². The molecule has 0 spiro atoms. The van der Waals surface area contributed by atoms with E-state index in [-0.39, 0.29) is 12.1 Å². The van der Waals surface area contributed by atoms with E-state index in [0.29, 0.717) is 17.9 Å². The molecule has 0 aromatic heterocycles. The van der Waals surface area contributed by atoms with Crippen molar-refractivity contribution in [1.29, 1.82) is 0 Å². The molecule has 1 aromatic rings. The smallest absolute Gasteiger partial charge is 0.241 e. The summed E-state index contributed by atoms with van der Waals surface area (Å²) in [5.41, 5.74) is 2.43. The average molecular weight is 312 g/mol. The van der Waals surface area contributed by atoms with Crippen LogP contribution in [0.5, 0.6) is 0 Å². The Bertz CT molecular complexity index is 590. The number of anilines is 1. The van der Waals surface area contributed by atoms with Crippen LogP contribution in [-0.4, -0.2) is 34.2 Å². The minimum atomic E-state index is -3.50. The van der Waals surface area contributed by atoms with Crippen LogP contribution in [0.15, 0.2) is 17.0 Å². The van der Waals surface area contributed by atoms with E-state index in [4.69, 9.17) is 4.74 Å². The standard InChI is InChI=1S/C15H24N2O3S/c1-10-7-14(16-4)8-11(2)15(10)21(18,19)17-13-5-6-20-12(3)9-13/h7-8,12-13,16-17H,5-6,9H2,1-4H3. The van der Waals surface area contributed by atoms with Crippen LogP contribution in [-0.2, 0) is 14.8 Å². The van der Waals surface area contributed by atoms with Crippen molar-refractivity contribution in [2.75, 3.05) is 19.0 Å². The Balaban J connectivity index is 2.27. The maximum Gasteiger partial charge on any atom is 0.241 e. The molecule has 0 aliphatic carbocycles. The molecular formula is C15H24N2O3S. The molecule has 6 heteroatoms. The lowest BCUT2D eigenvalue weighted by Gasteiger charge is -2.28. The van der Waals surface area contributed by atoms with Gasteiger partial charge in [-0.1, -0.05) is 0 Å². The number of sulfonamides is 1. The predicted molar refractivity (Wildman–Crippen MR) is 84.2 cm³/mol. The van der Waals surface area contributed by atoms with Crippen LogP contribution < -0.4 is 10.0 Å². The van der Waals surface area contributed by atoms with E-state index in [9.17, 15) is 8.42 Å². The number of hydrogen-bond donors (Lipinski definition) is 2. The summed E-state index contributed by atoms with van der Waals surface area (Å²) in [6.45, 7) is 6.23. The third kappa shape index (κ3) is 3.75. The van der Waals surface area contributed by atoms with Crippen LogP contribution in [0.4, 0.5) is 5.69 Å². The second kappa shape index (κ2) is 6.34. The molecule has 0 bridgehead atoms. The van der Waals surface area contributed by atoms with Gasteiger partial charge in [0, 0.05) is 25.4 Å². The fourth-order valence-electron chi connectivity index (χ4n) is 2.90. The third-order valence-corrected chi connectivity index (χ3v) is 5.65. The number of hydrogen-bond acceptors (Lipinski definition) is 4. The summed E-state index contributed by atoms with van der Waals surface area (Å²) in [4.78, 5) is 0.389. The second-order valence-electron chi connectivity index (χ2n) is 5.71. The fourth-order valence-corrected chi connectivity index (χ4v) is 4.64. The molecule has 0 radical (unpaired) electrons. The molecule has 1 saturated heterocycles. The van der Waals surface area contributed by atoms with Gasteiger partial charge in [-0.25, -0.2) is 13.1 Å². The number of aryl methyl sites for hydroxylation is 2. The number of rotatable bonds is 4. The van der Waals surface area contributed by atoms with Crippen LogP contribution >= 0.6 is 0 Å². The van der Waals surface area contributed by atoms with Gasteiger partial charge in [0.25, 0.3) is 0 Å². The summed E-state index contributed by atoms with van der Waals surface area (Å²) in [5.74, 6) is 0. The van der Waals surface area contributed by atoms with Crippen LogP contribution in [0.1, 0.15) is 30.9 Å². The molecule has 2 rings (SSSR count). The Morgan fingerprint density at radius 2 is 1.86 bits per heavy atom. The van der Waals surface area contributed by atoms with Gasteiger partial charge in [-0.05, 0) is 56.9 Å². The van der Waals surface area contributed by atoms with Gasteiger partial charge in [0.15, 0.2) is 0 Å². The Morgan fingerprint density at radius 3 is 2.38 bits per heavy atom. The van der Waals surface area contributed by atoms with Gasteiger partial charge in [-0.15, -0.1) is 0 Å². The van der Waals surface area contributed by atoms with Crippen LogP contribution in [0.2, 0.25) is 0 Å². The predicted octanol–water partition coefficient (Wildman–Crippen LogP) is 2.19. The van der Waals surface area contributed by atoms with Gasteiger partial charge < -0.3 is 10.1 Å². The van der Waals surface area contributed by atoms with Crippen molar-refractivity contribution in [3.05, 3.63) is 23.3 Å². The molecule has 0 amide bonds. The van der Waals surface area contributed by atoms with E-state index < -0.39 is 10.0 Å². The zero-order chi connectivity index (χ0) is 15.6. The van der Waals surface area contributed by atoms with Crippen molar-refractivity contribution >= 4 is 15.7 Å². The monoisotopic (exact) mass is 312 g/mol. The van der Waals surface area contributed by atoms with Crippen molar-refractivity contribution in [2.24, 2.45) is 0 Å². The van der Waals surface area contributed by atoms with Gasteiger partial charge >= 0.3 is 0 Å². The largest absolute Gasteiger partial charge is 0.388 e. The lowest BCUT2D eigenvalue weighted by atomic mass is 10.1. The quantitative estimate of drug-likeness (QED) is 0.894. The maximum atomic E-state index is 12.7. The van der Waals surface area contributed by atoms with Gasteiger partial charge in [0.1, 0.15) is 0 Å². The SMILES string of the molecule is CNc1cc(C)c(S(=O)(=O)NC2CCOC(C)C2)c(C)c1. The molecule has 1 heterocycles. The van der Waals surface area contributed by atoms with Gasteiger partial charge in [0.2, 0.25) is 10.0 Å². The Hall–Kier alpha value is -1.11. The van der Waals surface area contributed by atoms with Gasteiger partial charge in [-0.2, -0.15) is 0 Å². The molecule has 118 valence electrons. The highest BCUT2D eigenvalue weighted by Gasteiger charge is 2.27. The minimum Gasteiger partial charge on any atom is -0.388 e. The summed E-state index contributed by atoms with van der Waals surface area (Å²) < 4.78 is 33.6. The molecule has 0 saturated carbocycles. The fraction of sp³-hybridized carbons (Fsp3) is 0.600. The Kier molecular flexibility index (Phi) is 4.91. The first kappa shape index (κ1) is 16.3. The maximum absolute atomic E-state index is 12.7. The summed E-state index contributed by atoms with van der Waals surface area (Å²) in [6.07, 6.45) is 1.53. The van der Waals surface area contributed by atoms with Crippen LogP contribution in [0, 0.1) is 13.8 Å². The summed E-state index contributed by atoms with van der Waals surface area (Å²) in [7, 11) is -1.68. The molecular weight excluding hydrogens is 288 g/mol. The second-order valence-corrected chi connectivity index (χ2v) is 7.36. The molecule has 2 N–H and O–H groups in total. The third-order valence-electron chi connectivity index (χ3n) is 3.82. The number of nitrogens with one attached hydrogen (secondary N) is 2. The van der Waals surface area contributed by atoms with Gasteiger partial charge in [-0.3, -0.25) is 0 Å². The first-order valence-corrected chi connectivity index (χ1v) is 8.74. The number of ether oxygens (including phenoxy) is 1. The molecule has 1 aromatic carbocycles. The lowest BCUT2D eigenvalue weighted by Crippen LogP contribution is -2.41. The topological polar surface area (TPSA) is 67.4 Å². The molecule has 1 aliphatic heterocycles. The van der Waals surface area contributed by atoms with Crippen LogP contribution in [0.3, 0.4) is 0 Å². The normalized spacial score (nSPS) is 23.0. The summed E-state index contributed by atoms with van der Waals surface area (Å²) in [5, 5.41) is 3.04. The van der Waals surface area contributed by atoms with Crippen LogP contribution in [0.25, 0.3) is 0 Å². The highest BCUT2D eigenvalue weighted by Crippen LogP contribution is 2.25. The van der Waals surface area contributed by atoms with E-state index in [0.717, 1.165) is 23.2 Å². The summed E-state index contributed by atoms with van der Waals surface area (Å²) in [6, 6.07) is 3.66. The zero-order valence-corrected chi connectivity index (χ0v) is 13.9. The zero-order valence-electron chi connectivity index (χ0n) is 13.1. The van der Waals surface area contributed by atoms with Crippen molar-refractivity contribution in [3.63, 3.8) is 0 Å². The lowest BCUT2D eigenvalue weighted by molar-refractivity contribution is 0.0173. The highest BCUT2D eigenvalue weighted by molar-refractivity contribution is 7.89. The summed E-state index contributed by atoms with van der Waals surface area (Å²) >= 11 is 0. The first-order chi connectivity index (χ1) is 9.83. The first-order valence-electron chi connectivity index (χ1n) is 7.26. The van der Waals surface area contributed by atoms with E-state index in [1.807, 2.05) is 40.0 Å². The molecule has 1 aliphatic rings. The Labute approximate surface area is 127 Å². The Morgan fingerprint density at radius 1 is 1.24 bits per heavy atom. The number of benzene rings is 1. The van der Waals surface area contributed by atoms with E-state index >= 15 is 0 Å². The minimum absolute atomic E-state index is 0.0541. The highest BCUT2D eigenvalue weighted by atomic mass is 32.2.